The molecule has 2 aromatic carbocycles. The van der Waals surface area contributed by atoms with Crippen LogP contribution in [0.15, 0.2) is 90.2 Å². The van der Waals surface area contributed by atoms with Gasteiger partial charge in [-0.25, -0.2) is 9.98 Å². The van der Waals surface area contributed by atoms with Gasteiger partial charge in [0.2, 0.25) is 5.95 Å². The van der Waals surface area contributed by atoms with Crippen molar-refractivity contribution in [3.8, 4) is 22.6 Å². The monoisotopic (exact) mass is 506 g/mol. The number of halogens is 1. The van der Waals surface area contributed by atoms with E-state index in [2.05, 4.69) is 40.8 Å². The third-order valence-electron chi connectivity index (χ3n) is 7.93. The number of allylic oxidation sites excluding steroid dienone is 2. The summed E-state index contributed by atoms with van der Waals surface area (Å²) in [5.41, 5.74) is 7.15. The van der Waals surface area contributed by atoms with Gasteiger partial charge in [-0.3, -0.25) is 4.98 Å². The van der Waals surface area contributed by atoms with Crippen LogP contribution in [0.2, 0.25) is 0 Å². The number of hydrogen-bond donors (Lipinski definition) is 2. The van der Waals surface area contributed by atoms with Crippen LogP contribution in [-0.4, -0.2) is 26.3 Å². The second-order valence-electron chi connectivity index (χ2n) is 10.5. The maximum absolute atomic E-state index is 13.6. The van der Waals surface area contributed by atoms with Crippen LogP contribution in [0, 0.1) is 5.92 Å². The summed E-state index contributed by atoms with van der Waals surface area (Å²) in [7, 11) is 0. The van der Waals surface area contributed by atoms with Crippen molar-refractivity contribution < 1.29 is 9.50 Å². The number of aliphatic imine (C=N–C) groups is 1. The van der Waals surface area contributed by atoms with E-state index in [0.717, 1.165) is 71.3 Å². The molecule has 6 heteroatoms. The SMILES string of the molecule is C=C(O)CC1CCC(c2ccc(-c3ccc(-c4nc5ccc(C6C=C(F)N=CC6)cc5[nH]4)cn3)cc2)CC1. The molecule has 0 radical (unpaired) electrons. The average Bonchev–Trinajstić information content (AvgIpc) is 3.37. The molecule has 5 nitrogen and oxygen atoms in total. The number of H-pyrrole nitrogens is 1. The molecule has 1 aliphatic heterocycles. The molecule has 2 N–H and O–H groups in total. The van der Waals surface area contributed by atoms with E-state index in [-0.39, 0.29) is 5.92 Å². The molecule has 3 heterocycles. The Labute approximate surface area is 221 Å². The van der Waals surface area contributed by atoms with Crippen molar-refractivity contribution in [2.75, 3.05) is 0 Å². The lowest BCUT2D eigenvalue weighted by atomic mass is 9.77. The fraction of sp³-hybridized carbons (Fsp3) is 0.281. The van der Waals surface area contributed by atoms with Crippen LogP contribution in [0.4, 0.5) is 4.39 Å². The van der Waals surface area contributed by atoms with Crippen molar-refractivity contribution in [1.82, 2.24) is 15.0 Å². The fourth-order valence-electron chi connectivity index (χ4n) is 5.82. The summed E-state index contributed by atoms with van der Waals surface area (Å²) >= 11 is 0. The summed E-state index contributed by atoms with van der Waals surface area (Å²) in [6.45, 7) is 3.65. The molecule has 2 aromatic heterocycles. The second-order valence-corrected chi connectivity index (χ2v) is 10.5. The number of benzene rings is 2. The van der Waals surface area contributed by atoms with Crippen LogP contribution >= 0.6 is 0 Å². The van der Waals surface area contributed by atoms with Gasteiger partial charge in [-0.05, 0) is 85.4 Å². The van der Waals surface area contributed by atoms with Gasteiger partial charge in [0.25, 0.3) is 0 Å². The zero-order chi connectivity index (χ0) is 26.1. The molecular weight excluding hydrogens is 475 g/mol. The van der Waals surface area contributed by atoms with Crippen molar-refractivity contribution >= 4 is 17.2 Å². The standard InChI is InChI=1S/C32H31FN4O/c1-20(38)16-21-2-4-22(5-3-21)23-6-8-24(9-7-23)28-12-11-27(19-35-28)32-36-29-13-10-25(17-30(29)37-32)26-14-15-34-31(33)18-26/h6-13,15,17-19,21-22,26,38H,1-5,14,16H2,(H,36,37). The summed E-state index contributed by atoms with van der Waals surface area (Å²) < 4.78 is 13.6. The molecule has 0 saturated heterocycles. The van der Waals surface area contributed by atoms with Gasteiger partial charge in [0.05, 0.1) is 22.5 Å². The van der Waals surface area contributed by atoms with E-state index in [1.54, 1.807) is 12.3 Å². The van der Waals surface area contributed by atoms with Gasteiger partial charge in [0.1, 0.15) is 5.82 Å². The summed E-state index contributed by atoms with van der Waals surface area (Å²) in [6, 6.07) is 18.9. The van der Waals surface area contributed by atoms with Gasteiger partial charge in [0.15, 0.2) is 0 Å². The molecule has 1 aliphatic carbocycles. The molecule has 38 heavy (non-hydrogen) atoms. The topological polar surface area (TPSA) is 74.2 Å². The number of rotatable bonds is 6. The Bertz CT molecular complexity index is 1510. The minimum absolute atomic E-state index is 0.0160. The maximum Gasteiger partial charge on any atom is 0.209 e. The highest BCUT2D eigenvalue weighted by Crippen LogP contribution is 2.38. The Morgan fingerprint density at radius 3 is 2.45 bits per heavy atom. The van der Waals surface area contributed by atoms with E-state index in [4.69, 9.17) is 9.97 Å². The number of pyridine rings is 1. The lowest BCUT2D eigenvalue weighted by molar-refractivity contribution is 0.281. The van der Waals surface area contributed by atoms with Gasteiger partial charge in [-0.15, -0.1) is 0 Å². The van der Waals surface area contributed by atoms with Gasteiger partial charge in [0, 0.05) is 35.9 Å². The van der Waals surface area contributed by atoms with Crippen LogP contribution in [0.25, 0.3) is 33.7 Å². The fourth-order valence-corrected chi connectivity index (χ4v) is 5.82. The van der Waals surface area contributed by atoms with E-state index in [0.29, 0.717) is 24.0 Å². The van der Waals surface area contributed by atoms with Gasteiger partial charge in [-0.2, -0.15) is 4.39 Å². The number of aromatic amines is 1. The molecule has 2 aliphatic rings. The molecule has 0 amide bonds. The Hall–Kier alpha value is -4.06. The average molecular weight is 507 g/mol. The molecule has 4 aromatic rings. The summed E-state index contributed by atoms with van der Waals surface area (Å²) in [6.07, 6.45) is 11.1. The molecule has 1 unspecified atom stereocenters. The minimum atomic E-state index is -0.430. The van der Waals surface area contributed by atoms with E-state index in [1.807, 2.05) is 36.5 Å². The van der Waals surface area contributed by atoms with Crippen molar-refractivity contribution in [3.05, 3.63) is 96.3 Å². The lowest BCUT2D eigenvalue weighted by Crippen LogP contribution is -2.13. The van der Waals surface area contributed by atoms with E-state index in [1.165, 1.54) is 5.56 Å². The Morgan fingerprint density at radius 2 is 1.74 bits per heavy atom. The first-order valence-corrected chi connectivity index (χ1v) is 13.3. The predicted molar refractivity (Wildman–Crippen MR) is 151 cm³/mol. The van der Waals surface area contributed by atoms with Crippen LogP contribution in [0.3, 0.4) is 0 Å². The molecule has 1 atom stereocenters. The number of fused-ring (bicyclic) bond motifs is 1. The smallest absolute Gasteiger partial charge is 0.209 e. The third kappa shape index (κ3) is 5.17. The Kier molecular flexibility index (Phi) is 6.62. The summed E-state index contributed by atoms with van der Waals surface area (Å²) in [5.74, 6) is 1.77. The summed E-state index contributed by atoms with van der Waals surface area (Å²) in [5, 5.41) is 9.48. The second kappa shape index (κ2) is 10.4. The number of aromatic nitrogens is 3. The van der Waals surface area contributed by atoms with Crippen LogP contribution in [0.5, 0.6) is 0 Å². The van der Waals surface area contributed by atoms with Crippen molar-refractivity contribution in [2.24, 2.45) is 10.9 Å². The molecule has 1 fully saturated rings. The predicted octanol–water partition coefficient (Wildman–Crippen LogP) is 8.40. The first-order valence-electron chi connectivity index (χ1n) is 13.3. The largest absolute Gasteiger partial charge is 0.513 e. The lowest BCUT2D eigenvalue weighted by Gasteiger charge is -2.28. The van der Waals surface area contributed by atoms with Crippen LogP contribution in [-0.2, 0) is 0 Å². The van der Waals surface area contributed by atoms with Crippen LogP contribution < -0.4 is 0 Å². The number of aliphatic hydroxyl groups is 1. The zero-order valence-electron chi connectivity index (χ0n) is 21.3. The maximum atomic E-state index is 13.6. The zero-order valence-corrected chi connectivity index (χ0v) is 21.3. The molecule has 6 rings (SSSR count). The Balaban J connectivity index is 1.14. The number of nitrogens with one attached hydrogen (secondary N) is 1. The molecule has 1 saturated carbocycles. The van der Waals surface area contributed by atoms with E-state index >= 15 is 0 Å². The first kappa shape index (κ1) is 24.3. The minimum Gasteiger partial charge on any atom is -0.513 e. The van der Waals surface area contributed by atoms with Crippen molar-refractivity contribution in [2.45, 2.75) is 50.4 Å². The summed E-state index contributed by atoms with van der Waals surface area (Å²) in [4.78, 5) is 16.6. The number of imidazole rings is 1. The number of hydrogen-bond acceptors (Lipinski definition) is 4. The highest BCUT2D eigenvalue weighted by molar-refractivity contribution is 5.80. The van der Waals surface area contributed by atoms with Gasteiger partial charge >= 0.3 is 0 Å². The molecule has 192 valence electrons. The van der Waals surface area contributed by atoms with Crippen molar-refractivity contribution in [1.29, 1.82) is 0 Å². The first-order chi connectivity index (χ1) is 18.5. The highest BCUT2D eigenvalue weighted by atomic mass is 19.1. The normalized spacial score (nSPS) is 21.4. The molecule has 0 spiro atoms. The van der Waals surface area contributed by atoms with Gasteiger partial charge in [-0.1, -0.05) is 36.9 Å². The third-order valence-corrected chi connectivity index (χ3v) is 7.93. The van der Waals surface area contributed by atoms with E-state index in [9.17, 15) is 9.50 Å². The Morgan fingerprint density at radius 1 is 0.974 bits per heavy atom. The van der Waals surface area contributed by atoms with Gasteiger partial charge < -0.3 is 10.1 Å². The highest BCUT2D eigenvalue weighted by Gasteiger charge is 2.23. The number of aliphatic hydroxyl groups excluding tert-OH is 1. The quantitative estimate of drug-likeness (QED) is 0.204. The van der Waals surface area contributed by atoms with Crippen molar-refractivity contribution in [3.63, 3.8) is 0 Å². The van der Waals surface area contributed by atoms with Crippen LogP contribution in [0.1, 0.15) is 61.5 Å². The molecule has 0 bridgehead atoms. The number of nitrogens with zero attached hydrogens (tertiary/aromatic N) is 3. The van der Waals surface area contributed by atoms with E-state index < -0.39 is 5.95 Å². The molecular formula is C32H31FN4O.